The van der Waals surface area contributed by atoms with Gasteiger partial charge in [0.05, 0.1) is 0 Å². The quantitative estimate of drug-likeness (QED) is 0.871. The Balaban J connectivity index is 1.58. The molecule has 20 heavy (non-hydrogen) atoms. The van der Waals surface area contributed by atoms with Gasteiger partial charge in [0.25, 0.3) is 0 Å². The Hall–Kier alpha value is -1.75. The fraction of sp³-hybridized carbons (Fsp3) is 0.267. The molecule has 5 heteroatoms. The fourth-order valence-electron chi connectivity index (χ4n) is 2.08. The van der Waals surface area contributed by atoms with Crippen molar-refractivity contribution in [2.75, 3.05) is 25.1 Å². The largest absolute Gasteiger partial charge is 0.486 e. The van der Waals surface area contributed by atoms with Crippen molar-refractivity contribution in [1.29, 1.82) is 0 Å². The van der Waals surface area contributed by atoms with Gasteiger partial charge in [-0.05, 0) is 52.2 Å². The maximum Gasteiger partial charge on any atom is 0.161 e. The Morgan fingerprint density at radius 3 is 2.80 bits per heavy atom. The Bertz CT molecular complexity index is 604. The number of hydrogen-bond acceptors (Lipinski definition) is 4. The van der Waals surface area contributed by atoms with Crippen molar-refractivity contribution in [3.8, 4) is 11.5 Å². The third-order valence-electron chi connectivity index (χ3n) is 3.04. The monoisotopic (exact) mass is 334 g/mol. The second kappa shape index (κ2) is 6.13. The van der Waals surface area contributed by atoms with Gasteiger partial charge in [-0.3, -0.25) is 0 Å². The molecule has 2 heterocycles. The summed E-state index contributed by atoms with van der Waals surface area (Å²) in [7, 11) is 0. The first kappa shape index (κ1) is 13.2. The van der Waals surface area contributed by atoms with E-state index in [1.54, 1.807) is 0 Å². The number of hydrogen-bond donors (Lipinski definition) is 1. The van der Waals surface area contributed by atoms with Crippen LogP contribution in [0.5, 0.6) is 11.5 Å². The molecule has 1 N–H and O–H groups in total. The molecule has 1 aromatic carbocycles. The Kier molecular flexibility index (Phi) is 4.06. The molecule has 1 aliphatic heterocycles. The topological polar surface area (TPSA) is 43.4 Å². The molecule has 1 aromatic heterocycles. The Labute approximate surface area is 126 Å². The average Bonchev–Trinajstić information content (AvgIpc) is 2.47. The van der Waals surface area contributed by atoms with Crippen LogP contribution in [0.25, 0.3) is 0 Å². The van der Waals surface area contributed by atoms with Crippen LogP contribution in [0.3, 0.4) is 0 Å². The van der Waals surface area contributed by atoms with E-state index >= 15 is 0 Å². The zero-order chi connectivity index (χ0) is 13.8. The molecule has 2 aromatic rings. The number of ether oxygens (including phenoxy) is 2. The van der Waals surface area contributed by atoms with Crippen LogP contribution in [0.1, 0.15) is 5.56 Å². The first-order valence-electron chi connectivity index (χ1n) is 6.56. The summed E-state index contributed by atoms with van der Waals surface area (Å²) >= 11 is 3.36. The average molecular weight is 335 g/mol. The van der Waals surface area contributed by atoms with Crippen molar-refractivity contribution in [2.45, 2.75) is 6.42 Å². The molecular formula is C15H15BrN2O2. The van der Waals surface area contributed by atoms with Crippen molar-refractivity contribution in [2.24, 2.45) is 0 Å². The molecule has 0 aliphatic carbocycles. The molecule has 0 radical (unpaired) electrons. The maximum absolute atomic E-state index is 5.58. The lowest BCUT2D eigenvalue weighted by Gasteiger charge is -2.18. The van der Waals surface area contributed by atoms with Crippen molar-refractivity contribution >= 4 is 21.7 Å². The fourth-order valence-corrected chi connectivity index (χ4v) is 2.43. The Morgan fingerprint density at radius 2 is 1.95 bits per heavy atom. The van der Waals surface area contributed by atoms with Gasteiger partial charge in [0.15, 0.2) is 11.5 Å². The van der Waals surface area contributed by atoms with E-state index < -0.39 is 0 Å². The van der Waals surface area contributed by atoms with E-state index in [1.807, 2.05) is 30.3 Å². The lowest BCUT2D eigenvalue weighted by molar-refractivity contribution is 0.171. The van der Waals surface area contributed by atoms with Crippen molar-refractivity contribution in [3.05, 3.63) is 46.6 Å². The molecule has 0 bridgehead atoms. The van der Waals surface area contributed by atoms with Gasteiger partial charge in [-0.15, -0.1) is 0 Å². The van der Waals surface area contributed by atoms with Crippen LogP contribution in [-0.2, 0) is 6.42 Å². The van der Waals surface area contributed by atoms with Gasteiger partial charge >= 0.3 is 0 Å². The van der Waals surface area contributed by atoms with Gasteiger partial charge < -0.3 is 14.8 Å². The maximum atomic E-state index is 5.58. The van der Waals surface area contributed by atoms with Crippen LogP contribution in [0.15, 0.2) is 41.0 Å². The molecule has 0 fully saturated rings. The molecule has 4 nitrogen and oxygen atoms in total. The lowest BCUT2D eigenvalue weighted by atomic mass is 10.1. The van der Waals surface area contributed by atoms with E-state index in [0.717, 1.165) is 34.9 Å². The van der Waals surface area contributed by atoms with E-state index in [0.29, 0.717) is 13.2 Å². The van der Waals surface area contributed by atoms with Crippen molar-refractivity contribution in [3.63, 3.8) is 0 Å². The van der Waals surface area contributed by atoms with E-state index in [2.05, 4.69) is 32.3 Å². The predicted molar refractivity (Wildman–Crippen MR) is 81.6 cm³/mol. The molecule has 3 rings (SSSR count). The number of aromatic nitrogens is 1. The summed E-state index contributed by atoms with van der Waals surface area (Å²) in [5.74, 6) is 2.55. The second-order valence-electron chi connectivity index (χ2n) is 4.50. The summed E-state index contributed by atoms with van der Waals surface area (Å²) < 4.78 is 11.9. The summed E-state index contributed by atoms with van der Waals surface area (Å²) in [6.45, 7) is 2.07. The van der Waals surface area contributed by atoms with Gasteiger partial charge in [0.1, 0.15) is 23.6 Å². The van der Waals surface area contributed by atoms with Crippen molar-refractivity contribution in [1.82, 2.24) is 4.98 Å². The summed E-state index contributed by atoms with van der Waals surface area (Å²) in [5, 5.41) is 3.30. The summed E-state index contributed by atoms with van der Waals surface area (Å²) in [6.07, 6.45) is 0.908. The lowest BCUT2D eigenvalue weighted by Crippen LogP contribution is -2.15. The van der Waals surface area contributed by atoms with Gasteiger partial charge in [0.2, 0.25) is 0 Å². The predicted octanol–water partition coefficient (Wildman–Crippen LogP) is 3.27. The number of halogens is 1. The molecule has 0 unspecified atom stereocenters. The highest BCUT2D eigenvalue weighted by molar-refractivity contribution is 9.10. The molecule has 0 amide bonds. The highest BCUT2D eigenvalue weighted by Gasteiger charge is 2.11. The number of anilines is 1. The number of nitrogens with one attached hydrogen (secondary N) is 1. The highest BCUT2D eigenvalue weighted by Crippen LogP contribution is 2.30. The zero-order valence-electron chi connectivity index (χ0n) is 10.9. The first-order chi connectivity index (χ1) is 9.81. The standard InChI is InChI=1S/C15H15BrN2O2/c16-14-2-1-3-15(18-14)17-7-6-11-4-5-12-13(10-11)20-9-8-19-12/h1-5,10H,6-9H2,(H,17,18). The third kappa shape index (κ3) is 3.22. The number of benzene rings is 1. The minimum atomic E-state index is 0.622. The van der Waals surface area contributed by atoms with Gasteiger partial charge in [-0.25, -0.2) is 4.98 Å². The number of fused-ring (bicyclic) bond motifs is 1. The third-order valence-corrected chi connectivity index (χ3v) is 3.48. The number of rotatable bonds is 4. The molecule has 104 valence electrons. The Morgan fingerprint density at radius 1 is 1.10 bits per heavy atom. The second-order valence-corrected chi connectivity index (χ2v) is 5.31. The molecular weight excluding hydrogens is 320 g/mol. The number of pyridine rings is 1. The van der Waals surface area contributed by atoms with E-state index in [4.69, 9.17) is 9.47 Å². The van der Waals surface area contributed by atoms with Gasteiger partial charge in [0, 0.05) is 6.54 Å². The van der Waals surface area contributed by atoms with Crippen LogP contribution in [0.4, 0.5) is 5.82 Å². The summed E-state index contributed by atoms with van der Waals surface area (Å²) in [5.41, 5.74) is 1.22. The zero-order valence-corrected chi connectivity index (χ0v) is 12.5. The van der Waals surface area contributed by atoms with Gasteiger partial charge in [-0.1, -0.05) is 12.1 Å². The van der Waals surface area contributed by atoms with E-state index in [9.17, 15) is 0 Å². The smallest absolute Gasteiger partial charge is 0.161 e. The van der Waals surface area contributed by atoms with Crippen LogP contribution < -0.4 is 14.8 Å². The summed E-state index contributed by atoms with van der Waals surface area (Å²) in [6, 6.07) is 11.9. The minimum Gasteiger partial charge on any atom is -0.486 e. The number of nitrogens with zero attached hydrogens (tertiary/aromatic N) is 1. The van der Waals surface area contributed by atoms with Crippen LogP contribution in [0.2, 0.25) is 0 Å². The molecule has 0 saturated heterocycles. The SMILES string of the molecule is Brc1cccc(NCCc2ccc3c(c2)OCCO3)n1. The highest BCUT2D eigenvalue weighted by atomic mass is 79.9. The minimum absolute atomic E-state index is 0.622. The van der Waals surface area contributed by atoms with Crippen LogP contribution in [-0.4, -0.2) is 24.7 Å². The molecule has 1 aliphatic rings. The molecule has 0 spiro atoms. The summed E-state index contributed by atoms with van der Waals surface area (Å²) in [4.78, 5) is 4.34. The van der Waals surface area contributed by atoms with E-state index in [1.165, 1.54) is 5.56 Å². The van der Waals surface area contributed by atoms with E-state index in [-0.39, 0.29) is 0 Å². The van der Waals surface area contributed by atoms with Crippen LogP contribution >= 0.6 is 15.9 Å². The van der Waals surface area contributed by atoms with Gasteiger partial charge in [-0.2, -0.15) is 0 Å². The van der Waals surface area contributed by atoms with Crippen LogP contribution in [0, 0.1) is 0 Å². The van der Waals surface area contributed by atoms with Crippen molar-refractivity contribution < 1.29 is 9.47 Å². The molecule has 0 atom stereocenters. The normalized spacial score (nSPS) is 13.1. The first-order valence-corrected chi connectivity index (χ1v) is 7.35. The molecule has 0 saturated carbocycles.